The smallest absolute Gasteiger partial charge is 0.247 e. The maximum atomic E-state index is 14.1. The van der Waals surface area contributed by atoms with Gasteiger partial charge in [-0.2, -0.15) is 13.9 Å². The highest BCUT2D eigenvalue weighted by Crippen LogP contribution is 2.37. The van der Waals surface area contributed by atoms with Crippen molar-refractivity contribution in [3.63, 3.8) is 0 Å². The Morgan fingerprint density at radius 1 is 0.620 bits per heavy atom. The largest absolute Gasteiger partial charge is 0.505 e. The zero-order chi connectivity index (χ0) is 36.2. The number of hydrogen-bond acceptors (Lipinski definition) is 6. The lowest BCUT2D eigenvalue weighted by Crippen LogP contribution is -2.31. The van der Waals surface area contributed by atoms with Crippen LogP contribution in [0.1, 0.15) is 27.8 Å². The molecule has 0 heterocycles. The summed E-state index contributed by atoms with van der Waals surface area (Å²) in [7, 11) is -8.78. The van der Waals surface area contributed by atoms with Gasteiger partial charge in [0.05, 0.1) is 21.6 Å². The van der Waals surface area contributed by atoms with Crippen LogP contribution in [0, 0.1) is 23.0 Å². The highest BCUT2D eigenvalue weighted by molar-refractivity contribution is 7.89. The van der Waals surface area contributed by atoms with Crippen molar-refractivity contribution in [2.24, 2.45) is 0 Å². The molecule has 0 fully saturated rings. The van der Waals surface area contributed by atoms with Crippen LogP contribution in [0.15, 0.2) is 113 Å². The van der Waals surface area contributed by atoms with E-state index >= 15 is 0 Å². The average Bonchev–Trinajstić information content (AvgIpc) is 3.07. The lowest BCUT2D eigenvalue weighted by Gasteiger charge is -2.25. The molecule has 0 aliphatic heterocycles. The van der Waals surface area contributed by atoms with E-state index in [4.69, 9.17) is 34.8 Å². The molecule has 0 amide bonds. The molecule has 8 nitrogen and oxygen atoms in total. The van der Waals surface area contributed by atoms with Crippen molar-refractivity contribution in [3.8, 4) is 11.8 Å². The maximum Gasteiger partial charge on any atom is 0.247 e. The number of phenolic OH excluding ortho intramolecular Hbond substituents is 1. The molecule has 0 radical (unpaired) electrons. The van der Waals surface area contributed by atoms with E-state index in [1.54, 1.807) is 6.07 Å². The number of halogens is 5. The fraction of sp³-hybridized carbons (Fsp3) is 0.114. The van der Waals surface area contributed by atoms with Crippen molar-refractivity contribution < 1.29 is 30.7 Å². The molecule has 1 N–H and O–H groups in total. The van der Waals surface area contributed by atoms with Gasteiger partial charge in [-0.3, -0.25) is 0 Å². The summed E-state index contributed by atoms with van der Waals surface area (Å²) < 4.78 is 85.6. The van der Waals surface area contributed by atoms with Gasteiger partial charge >= 0.3 is 0 Å². The summed E-state index contributed by atoms with van der Waals surface area (Å²) in [4.78, 5) is -0.701. The predicted octanol–water partition coefficient (Wildman–Crippen LogP) is 8.28. The minimum absolute atomic E-state index is 0.0408. The van der Waals surface area contributed by atoms with Gasteiger partial charge in [0, 0.05) is 36.2 Å². The van der Waals surface area contributed by atoms with Gasteiger partial charge in [-0.1, -0.05) is 71.2 Å². The molecule has 50 heavy (non-hydrogen) atoms. The second-order valence-corrected chi connectivity index (χ2v) is 16.3. The molecular weight excluding hydrogens is 751 g/mol. The average molecular weight is 777 g/mol. The highest BCUT2D eigenvalue weighted by atomic mass is 35.5. The molecule has 5 aromatic carbocycles. The van der Waals surface area contributed by atoms with Crippen molar-refractivity contribution in [2.45, 2.75) is 36.0 Å². The number of aromatic hydroxyl groups is 1. The number of benzene rings is 5. The van der Waals surface area contributed by atoms with Gasteiger partial charge in [0.1, 0.15) is 16.5 Å². The molecule has 0 aliphatic rings. The number of rotatable bonds is 12. The van der Waals surface area contributed by atoms with Crippen molar-refractivity contribution in [1.29, 1.82) is 5.26 Å². The normalized spacial score (nSPS) is 12.0. The van der Waals surface area contributed by atoms with E-state index < -0.39 is 42.3 Å². The molecule has 0 aromatic heterocycles. The molecule has 0 spiro atoms. The highest BCUT2D eigenvalue weighted by Gasteiger charge is 2.30. The van der Waals surface area contributed by atoms with Gasteiger partial charge in [-0.15, -0.1) is 0 Å². The van der Waals surface area contributed by atoms with Crippen LogP contribution in [-0.4, -0.2) is 30.6 Å². The third-order valence-corrected chi connectivity index (χ3v) is 11.8. The van der Waals surface area contributed by atoms with E-state index in [0.29, 0.717) is 22.3 Å². The molecule has 15 heteroatoms. The Morgan fingerprint density at radius 2 is 1.10 bits per heavy atom. The van der Waals surface area contributed by atoms with Gasteiger partial charge in [0.25, 0.3) is 0 Å². The molecule has 0 bridgehead atoms. The molecule has 5 rings (SSSR count). The number of nitrogens with zero attached hydrogens (tertiary/aromatic N) is 3. The summed E-state index contributed by atoms with van der Waals surface area (Å²) in [6.45, 7) is -1.03. The Bertz CT molecular complexity index is 2300. The fourth-order valence-electron chi connectivity index (χ4n) is 5.10. The Labute approximate surface area is 303 Å². The molecule has 0 saturated heterocycles. The van der Waals surface area contributed by atoms with Crippen molar-refractivity contribution >= 4 is 54.8 Å². The Hall–Kier alpha value is -4.06. The van der Waals surface area contributed by atoms with E-state index in [-0.39, 0.29) is 51.7 Å². The number of hydrogen-bond donors (Lipinski definition) is 1. The van der Waals surface area contributed by atoms with Crippen molar-refractivity contribution in [3.05, 3.63) is 158 Å². The Balaban J connectivity index is 1.55. The van der Waals surface area contributed by atoms with Crippen molar-refractivity contribution in [2.75, 3.05) is 0 Å². The molecular formula is C35H26Cl3F2N3O5S2. The van der Waals surface area contributed by atoms with Crippen LogP contribution in [0.25, 0.3) is 0 Å². The second kappa shape index (κ2) is 15.4. The van der Waals surface area contributed by atoms with Gasteiger partial charge in [-0.25, -0.2) is 25.6 Å². The summed E-state index contributed by atoms with van der Waals surface area (Å²) in [5.74, 6) is -1.74. The number of sulfonamides is 2. The summed E-state index contributed by atoms with van der Waals surface area (Å²) in [6, 6.07) is 24.7. The lowest BCUT2D eigenvalue weighted by molar-refractivity contribution is 0.392. The van der Waals surface area contributed by atoms with Crippen LogP contribution in [0.5, 0.6) is 5.75 Å². The first-order valence-electron chi connectivity index (χ1n) is 14.6. The number of nitriles is 1. The molecule has 5 aromatic rings. The number of phenols is 1. The topological polar surface area (TPSA) is 119 Å². The molecule has 0 unspecified atom stereocenters. The quantitative estimate of drug-likeness (QED) is 0.136. The first-order valence-corrected chi connectivity index (χ1v) is 18.6. The first-order chi connectivity index (χ1) is 23.6. The third kappa shape index (κ3) is 8.80. The second-order valence-electron chi connectivity index (χ2n) is 11.1. The van der Waals surface area contributed by atoms with Crippen LogP contribution in [0.2, 0.25) is 15.1 Å². The Kier molecular flexibility index (Phi) is 11.5. The Morgan fingerprint density at radius 3 is 1.62 bits per heavy atom. The van der Waals surface area contributed by atoms with E-state index in [0.717, 1.165) is 14.7 Å². The van der Waals surface area contributed by atoms with Gasteiger partial charge in [0.15, 0.2) is 5.75 Å². The van der Waals surface area contributed by atoms with Gasteiger partial charge < -0.3 is 5.11 Å². The van der Waals surface area contributed by atoms with Crippen LogP contribution < -0.4 is 0 Å². The van der Waals surface area contributed by atoms with Crippen LogP contribution in [-0.2, 0) is 46.2 Å². The minimum atomic E-state index is -4.53. The summed E-state index contributed by atoms with van der Waals surface area (Å²) >= 11 is 18.7. The van der Waals surface area contributed by atoms with Crippen LogP contribution >= 0.6 is 34.8 Å². The summed E-state index contributed by atoms with van der Waals surface area (Å²) in [6.07, 6.45) is 0. The van der Waals surface area contributed by atoms with E-state index in [2.05, 4.69) is 0 Å². The summed E-state index contributed by atoms with van der Waals surface area (Å²) in [5.41, 5.74) is 1.75. The van der Waals surface area contributed by atoms with E-state index in [1.807, 2.05) is 6.07 Å². The van der Waals surface area contributed by atoms with Crippen molar-refractivity contribution in [1.82, 2.24) is 8.61 Å². The van der Waals surface area contributed by atoms with E-state index in [1.165, 1.54) is 91.0 Å². The molecule has 0 aliphatic carbocycles. The zero-order valence-corrected chi connectivity index (χ0v) is 29.7. The fourth-order valence-corrected chi connectivity index (χ4v) is 9.00. The molecule has 0 saturated carbocycles. The van der Waals surface area contributed by atoms with E-state index in [9.17, 15) is 36.0 Å². The third-order valence-electron chi connectivity index (χ3n) is 7.49. The maximum absolute atomic E-state index is 14.1. The molecule has 258 valence electrons. The molecule has 0 atom stereocenters. The summed E-state index contributed by atoms with van der Waals surface area (Å²) in [5, 5.41) is 19.8. The van der Waals surface area contributed by atoms with Crippen LogP contribution in [0.3, 0.4) is 0 Å². The van der Waals surface area contributed by atoms with Crippen LogP contribution in [0.4, 0.5) is 8.78 Å². The van der Waals surface area contributed by atoms with Gasteiger partial charge in [-0.05, 0) is 89.0 Å². The minimum Gasteiger partial charge on any atom is -0.505 e. The first kappa shape index (κ1) is 37.2. The lowest BCUT2D eigenvalue weighted by atomic mass is 10.1. The van der Waals surface area contributed by atoms with Gasteiger partial charge in [0.2, 0.25) is 20.0 Å². The monoisotopic (exact) mass is 775 g/mol. The standard InChI is InChI=1S/C35H26Cl3F2N3O5S2/c36-28-13-26(21-42(19-23-4-8-30(39)9-5-23)49(45,46)32-3-1-2-25(15-32)18-41)12-27(14-28)22-43(20-24-6-10-31(40)11-7-24)50(47,48)34-17-29(37)16-33(38)35(34)44/h1-17,44H,19-22H2. The zero-order valence-electron chi connectivity index (χ0n) is 25.8. The SMILES string of the molecule is N#Cc1cccc(S(=O)(=O)N(Cc2ccc(F)cc2)Cc2cc(Cl)cc(CN(Cc3ccc(F)cc3)S(=O)(=O)c3cc(Cl)cc(Cl)c3O)c2)c1. The predicted molar refractivity (Wildman–Crippen MR) is 186 cm³/mol.